The largest absolute Gasteiger partial charge is 0.508 e. The van der Waals surface area contributed by atoms with E-state index < -0.39 is 6.61 Å². The van der Waals surface area contributed by atoms with E-state index in [2.05, 4.69) is 18.6 Å². The van der Waals surface area contributed by atoms with Gasteiger partial charge in [0, 0.05) is 0 Å². The van der Waals surface area contributed by atoms with Gasteiger partial charge in [-0.2, -0.15) is 8.78 Å². The van der Waals surface area contributed by atoms with Crippen molar-refractivity contribution in [2.24, 2.45) is 0 Å². The molecule has 4 heteroatoms. The molecule has 0 aliphatic carbocycles. The van der Waals surface area contributed by atoms with Gasteiger partial charge in [-0.1, -0.05) is 51.0 Å². The molecule has 0 heterocycles. The zero-order valence-corrected chi connectivity index (χ0v) is 15.1. The zero-order chi connectivity index (χ0) is 18.5. The van der Waals surface area contributed by atoms with E-state index in [4.69, 9.17) is 5.11 Å². The molecule has 0 bridgehead atoms. The quantitative estimate of drug-likeness (QED) is 0.600. The molecule has 0 spiro atoms. The number of benzene rings is 2. The molecule has 0 unspecified atom stereocenters. The predicted octanol–water partition coefficient (Wildman–Crippen LogP) is 6.37. The average Bonchev–Trinajstić information content (AvgIpc) is 2.61. The van der Waals surface area contributed by atoms with Gasteiger partial charge in [0.1, 0.15) is 11.5 Å². The van der Waals surface area contributed by atoms with Crippen LogP contribution in [0.2, 0.25) is 0 Å². The number of phenols is 1. The number of hydrogen-bond acceptors (Lipinski definition) is 2. The molecule has 25 heavy (non-hydrogen) atoms. The Morgan fingerprint density at radius 3 is 1.64 bits per heavy atom. The van der Waals surface area contributed by atoms with Gasteiger partial charge in [-0.3, -0.25) is 0 Å². The summed E-state index contributed by atoms with van der Waals surface area (Å²) in [6.07, 6.45) is 6.82. The predicted molar refractivity (Wildman–Crippen MR) is 98.4 cm³/mol. The first kappa shape index (κ1) is 20.9. The summed E-state index contributed by atoms with van der Waals surface area (Å²) in [4.78, 5) is 0. The Kier molecular flexibility index (Phi) is 10.3. The molecule has 0 saturated heterocycles. The molecule has 0 atom stereocenters. The van der Waals surface area contributed by atoms with Gasteiger partial charge in [-0.15, -0.1) is 0 Å². The third-order valence-electron chi connectivity index (χ3n) is 3.72. The lowest BCUT2D eigenvalue weighted by molar-refractivity contribution is -0.0498. The second kappa shape index (κ2) is 12.3. The van der Waals surface area contributed by atoms with Crippen molar-refractivity contribution in [3.05, 3.63) is 59.7 Å². The van der Waals surface area contributed by atoms with Crippen LogP contribution < -0.4 is 4.74 Å². The summed E-state index contributed by atoms with van der Waals surface area (Å²) in [6, 6.07) is 14.3. The SMILES string of the molecule is CCCCc1ccc(O)cc1.CCCCc1ccc(OC(F)F)cc1. The van der Waals surface area contributed by atoms with E-state index in [0.717, 1.165) is 31.2 Å². The lowest BCUT2D eigenvalue weighted by atomic mass is 10.1. The Morgan fingerprint density at radius 2 is 1.24 bits per heavy atom. The van der Waals surface area contributed by atoms with Gasteiger partial charge in [-0.25, -0.2) is 0 Å². The number of halogens is 2. The third kappa shape index (κ3) is 9.70. The van der Waals surface area contributed by atoms with Crippen LogP contribution in [0.3, 0.4) is 0 Å². The molecule has 0 aliphatic rings. The highest BCUT2D eigenvalue weighted by Crippen LogP contribution is 2.16. The van der Waals surface area contributed by atoms with Gasteiger partial charge in [-0.05, 0) is 61.1 Å². The minimum absolute atomic E-state index is 0.222. The van der Waals surface area contributed by atoms with Crippen LogP contribution in [0.15, 0.2) is 48.5 Å². The number of phenolic OH excluding ortho intramolecular Hbond substituents is 1. The Hall–Kier alpha value is -2.10. The van der Waals surface area contributed by atoms with Crippen LogP contribution in [-0.2, 0) is 12.8 Å². The first-order valence-electron chi connectivity index (χ1n) is 8.86. The standard InChI is InChI=1S/C11H14F2O.C10H14O/c1-2-3-4-9-5-7-10(8-6-9)14-11(12)13;1-2-3-4-9-5-7-10(11)8-6-9/h5-8,11H,2-4H2,1H3;5-8,11H,2-4H2,1H3. The highest BCUT2D eigenvalue weighted by molar-refractivity contribution is 5.27. The van der Waals surface area contributed by atoms with Crippen LogP contribution in [0.5, 0.6) is 11.5 Å². The number of hydrogen-bond donors (Lipinski definition) is 1. The van der Waals surface area contributed by atoms with Crippen molar-refractivity contribution in [1.82, 2.24) is 0 Å². The second-order valence-corrected chi connectivity index (χ2v) is 5.90. The molecular weight excluding hydrogens is 322 g/mol. The molecule has 0 saturated carbocycles. The highest BCUT2D eigenvalue weighted by atomic mass is 19.3. The van der Waals surface area contributed by atoms with Crippen LogP contribution >= 0.6 is 0 Å². The number of alkyl halides is 2. The van der Waals surface area contributed by atoms with Crippen LogP contribution in [-0.4, -0.2) is 11.7 Å². The maximum atomic E-state index is 11.8. The average molecular weight is 350 g/mol. The van der Waals surface area contributed by atoms with Gasteiger partial charge in [0.25, 0.3) is 0 Å². The zero-order valence-electron chi connectivity index (χ0n) is 15.1. The van der Waals surface area contributed by atoms with Crippen LogP contribution in [0, 0.1) is 0 Å². The summed E-state index contributed by atoms with van der Waals surface area (Å²) in [5.74, 6) is 0.575. The van der Waals surface area contributed by atoms with Crippen molar-refractivity contribution < 1.29 is 18.6 Å². The first-order chi connectivity index (χ1) is 12.0. The molecule has 2 rings (SSSR count). The van der Waals surface area contributed by atoms with E-state index in [1.807, 2.05) is 24.3 Å². The van der Waals surface area contributed by atoms with Crippen molar-refractivity contribution in [3.63, 3.8) is 0 Å². The fourth-order valence-corrected chi connectivity index (χ4v) is 2.26. The van der Waals surface area contributed by atoms with E-state index in [1.54, 1.807) is 24.3 Å². The Labute approximate surface area is 149 Å². The second-order valence-electron chi connectivity index (χ2n) is 5.90. The molecule has 2 aromatic rings. The summed E-state index contributed by atoms with van der Waals surface area (Å²) in [5.41, 5.74) is 2.47. The van der Waals surface area contributed by atoms with Crippen molar-refractivity contribution in [1.29, 1.82) is 0 Å². The van der Waals surface area contributed by atoms with E-state index in [-0.39, 0.29) is 5.75 Å². The molecule has 0 radical (unpaired) electrons. The van der Waals surface area contributed by atoms with E-state index in [9.17, 15) is 8.78 Å². The Balaban J connectivity index is 0.000000257. The number of rotatable bonds is 8. The van der Waals surface area contributed by atoms with Crippen molar-refractivity contribution in [2.45, 2.75) is 59.0 Å². The lowest BCUT2D eigenvalue weighted by Gasteiger charge is -2.05. The number of unbranched alkanes of at least 4 members (excludes halogenated alkanes) is 2. The van der Waals surface area contributed by atoms with Gasteiger partial charge < -0.3 is 9.84 Å². The molecule has 2 aromatic carbocycles. The smallest absolute Gasteiger partial charge is 0.387 e. The normalized spacial score (nSPS) is 10.3. The summed E-state index contributed by atoms with van der Waals surface area (Å²) in [6.45, 7) is 1.56. The van der Waals surface area contributed by atoms with Gasteiger partial charge in [0.15, 0.2) is 0 Å². The monoisotopic (exact) mass is 350 g/mol. The maximum Gasteiger partial charge on any atom is 0.387 e. The summed E-state index contributed by atoms with van der Waals surface area (Å²) >= 11 is 0. The number of aromatic hydroxyl groups is 1. The van der Waals surface area contributed by atoms with Gasteiger partial charge in [0.05, 0.1) is 0 Å². The summed E-state index contributed by atoms with van der Waals surface area (Å²) in [5, 5.41) is 8.98. The molecule has 138 valence electrons. The third-order valence-corrected chi connectivity index (χ3v) is 3.72. The first-order valence-corrected chi connectivity index (χ1v) is 8.86. The van der Waals surface area contributed by atoms with Crippen LogP contribution in [0.4, 0.5) is 8.78 Å². The topological polar surface area (TPSA) is 29.5 Å². The van der Waals surface area contributed by atoms with Crippen LogP contribution in [0.1, 0.15) is 50.7 Å². The number of ether oxygens (including phenoxy) is 1. The highest BCUT2D eigenvalue weighted by Gasteiger charge is 2.03. The van der Waals surface area contributed by atoms with Crippen LogP contribution in [0.25, 0.3) is 0 Å². The van der Waals surface area contributed by atoms with Gasteiger partial charge in [0.2, 0.25) is 0 Å². The Bertz CT molecular complexity index is 565. The molecular formula is C21H28F2O2. The Morgan fingerprint density at radius 1 is 0.800 bits per heavy atom. The molecule has 1 N–H and O–H groups in total. The summed E-state index contributed by atoms with van der Waals surface area (Å²) in [7, 11) is 0. The fourth-order valence-electron chi connectivity index (χ4n) is 2.26. The molecule has 0 amide bonds. The van der Waals surface area contributed by atoms with E-state index in [0.29, 0.717) is 5.75 Å². The lowest BCUT2D eigenvalue weighted by Crippen LogP contribution is -2.01. The fraction of sp³-hybridized carbons (Fsp3) is 0.429. The molecule has 2 nitrogen and oxygen atoms in total. The molecule has 0 aliphatic heterocycles. The van der Waals surface area contributed by atoms with Crippen molar-refractivity contribution >= 4 is 0 Å². The molecule has 0 aromatic heterocycles. The van der Waals surface area contributed by atoms with Crippen molar-refractivity contribution in [2.75, 3.05) is 0 Å². The maximum absolute atomic E-state index is 11.8. The van der Waals surface area contributed by atoms with Crippen molar-refractivity contribution in [3.8, 4) is 11.5 Å². The number of aryl methyl sites for hydroxylation is 2. The minimum Gasteiger partial charge on any atom is -0.508 e. The van der Waals surface area contributed by atoms with E-state index in [1.165, 1.54) is 18.4 Å². The summed E-state index contributed by atoms with van der Waals surface area (Å²) < 4.78 is 27.8. The molecule has 0 fully saturated rings. The minimum atomic E-state index is -2.74. The van der Waals surface area contributed by atoms with E-state index >= 15 is 0 Å². The van der Waals surface area contributed by atoms with Gasteiger partial charge >= 0.3 is 6.61 Å².